The number of benzene rings is 3. The number of nitro groups is 2. The van der Waals surface area contributed by atoms with Crippen LogP contribution in [0, 0.1) is 27.2 Å². The molecule has 0 aliphatic rings. The molecule has 3 rings (SSSR count). The van der Waals surface area contributed by atoms with Gasteiger partial charge < -0.3 is 14.2 Å². The second kappa shape index (κ2) is 11.9. The number of non-ortho nitro benzene ring substituents is 1. The van der Waals surface area contributed by atoms with Crippen LogP contribution in [0.2, 0.25) is 0 Å². The normalized spacial score (nSPS) is 10.5. The first-order chi connectivity index (χ1) is 17.7. The van der Waals surface area contributed by atoms with Gasteiger partial charge in [-0.3, -0.25) is 25.0 Å². The van der Waals surface area contributed by atoms with E-state index in [9.17, 15) is 29.8 Å². The highest BCUT2D eigenvalue weighted by atomic mass is 16.6. The van der Waals surface area contributed by atoms with Gasteiger partial charge in [0.15, 0.2) is 23.9 Å². The third-order valence-electron chi connectivity index (χ3n) is 4.78. The zero-order valence-electron chi connectivity index (χ0n) is 19.6. The first-order valence-electron chi connectivity index (χ1n) is 10.5. The topological polar surface area (TPSA) is 172 Å². The lowest BCUT2D eigenvalue weighted by Gasteiger charge is -2.10. The van der Waals surface area contributed by atoms with Gasteiger partial charge in [0.25, 0.3) is 11.6 Å². The highest BCUT2D eigenvalue weighted by molar-refractivity contribution is 5.92. The van der Waals surface area contributed by atoms with Crippen molar-refractivity contribution in [2.24, 2.45) is 5.10 Å². The Morgan fingerprint density at radius 1 is 0.946 bits per heavy atom. The smallest absolute Gasteiger partial charge is 0.343 e. The van der Waals surface area contributed by atoms with Gasteiger partial charge in [0.1, 0.15) is 0 Å². The number of hydrogen-bond acceptors (Lipinski definition) is 10. The fourth-order valence-electron chi connectivity index (χ4n) is 2.97. The maximum Gasteiger partial charge on any atom is 0.343 e. The van der Waals surface area contributed by atoms with Crippen molar-refractivity contribution in [2.75, 3.05) is 13.7 Å². The Labute approximate surface area is 209 Å². The molecule has 37 heavy (non-hydrogen) atoms. The lowest BCUT2D eigenvalue weighted by molar-refractivity contribution is -0.385. The summed E-state index contributed by atoms with van der Waals surface area (Å²) in [7, 11) is 1.36. The number of methoxy groups -OCH3 is 1. The molecule has 0 unspecified atom stereocenters. The quantitative estimate of drug-likeness (QED) is 0.141. The van der Waals surface area contributed by atoms with Crippen LogP contribution >= 0.6 is 0 Å². The van der Waals surface area contributed by atoms with Crippen LogP contribution in [0.1, 0.15) is 21.5 Å². The molecular weight excluding hydrogens is 488 g/mol. The number of esters is 1. The summed E-state index contributed by atoms with van der Waals surface area (Å²) in [6.07, 6.45) is 1.30. The zero-order valence-corrected chi connectivity index (χ0v) is 19.6. The van der Waals surface area contributed by atoms with Crippen LogP contribution in [-0.4, -0.2) is 41.7 Å². The van der Waals surface area contributed by atoms with Gasteiger partial charge in [-0.1, -0.05) is 6.07 Å². The molecule has 0 saturated heterocycles. The highest BCUT2D eigenvalue weighted by Gasteiger charge is 2.17. The average molecular weight is 508 g/mol. The summed E-state index contributed by atoms with van der Waals surface area (Å²) in [5.74, 6) is -1.14. The highest BCUT2D eigenvalue weighted by Crippen LogP contribution is 2.29. The fourth-order valence-corrected chi connectivity index (χ4v) is 2.97. The molecule has 0 spiro atoms. The van der Waals surface area contributed by atoms with Crippen LogP contribution in [0.4, 0.5) is 11.4 Å². The Kier molecular flexibility index (Phi) is 8.44. The van der Waals surface area contributed by atoms with E-state index in [2.05, 4.69) is 10.5 Å². The Morgan fingerprint density at radius 3 is 2.30 bits per heavy atom. The molecule has 0 aliphatic carbocycles. The number of hydrazone groups is 1. The molecule has 0 radical (unpaired) electrons. The minimum Gasteiger partial charge on any atom is -0.493 e. The Morgan fingerprint density at radius 2 is 1.65 bits per heavy atom. The summed E-state index contributed by atoms with van der Waals surface area (Å²) in [6, 6.07) is 13.8. The lowest BCUT2D eigenvalue weighted by atomic mass is 10.2. The first-order valence-corrected chi connectivity index (χ1v) is 10.5. The minimum absolute atomic E-state index is 0.0432. The van der Waals surface area contributed by atoms with E-state index in [0.717, 1.165) is 0 Å². The number of nitrogens with zero attached hydrogens (tertiary/aromatic N) is 3. The molecule has 13 nitrogen and oxygen atoms in total. The van der Waals surface area contributed by atoms with Gasteiger partial charge in [-0.15, -0.1) is 0 Å². The lowest BCUT2D eigenvalue weighted by Crippen LogP contribution is -2.24. The number of nitrogens with one attached hydrogen (secondary N) is 1. The number of amides is 1. The number of rotatable bonds is 10. The molecule has 0 saturated carbocycles. The molecule has 0 fully saturated rings. The maximum absolute atomic E-state index is 12.4. The number of hydrogen-bond donors (Lipinski definition) is 1. The second-order valence-electron chi connectivity index (χ2n) is 7.41. The molecule has 13 heteroatoms. The molecule has 0 aliphatic heterocycles. The molecule has 1 amide bonds. The van der Waals surface area contributed by atoms with E-state index in [1.807, 2.05) is 0 Å². The predicted octanol–water partition coefficient (Wildman–Crippen LogP) is 3.57. The molecule has 3 aromatic rings. The van der Waals surface area contributed by atoms with Gasteiger partial charge >= 0.3 is 11.7 Å². The average Bonchev–Trinajstić information content (AvgIpc) is 2.88. The van der Waals surface area contributed by atoms with Crippen LogP contribution < -0.4 is 19.6 Å². The zero-order chi connectivity index (χ0) is 26.9. The summed E-state index contributed by atoms with van der Waals surface area (Å²) >= 11 is 0. The largest absolute Gasteiger partial charge is 0.493 e. The first kappa shape index (κ1) is 26.3. The van der Waals surface area contributed by atoms with E-state index in [1.165, 1.54) is 61.9 Å². The second-order valence-corrected chi connectivity index (χ2v) is 7.41. The number of nitro benzene ring substituents is 2. The van der Waals surface area contributed by atoms with Crippen LogP contribution in [0.25, 0.3) is 0 Å². The van der Waals surface area contributed by atoms with Crippen LogP contribution in [0.3, 0.4) is 0 Å². The van der Waals surface area contributed by atoms with Crippen molar-refractivity contribution >= 4 is 29.5 Å². The van der Waals surface area contributed by atoms with Gasteiger partial charge in [0.05, 0.1) is 28.7 Å². The predicted molar refractivity (Wildman–Crippen MR) is 130 cm³/mol. The van der Waals surface area contributed by atoms with Crippen molar-refractivity contribution in [1.29, 1.82) is 0 Å². The number of carbonyl (C=O) groups excluding carboxylic acids is 2. The Bertz CT molecular complexity index is 1370. The maximum atomic E-state index is 12.4. The molecule has 0 aromatic heterocycles. The van der Waals surface area contributed by atoms with Crippen LogP contribution in [-0.2, 0) is 4.79 Å². The molecule has 0 bridgehead atoms. The number of carbonyl (C=O) groups is 2. The summed E-state index contributed by atoms with van der Waals surface area (Å²) in [5, 5.41) is 25.7. The van der Waals surface area contributed by atoms with Gasteiger partial charge in [0, 0.05) is 18.2 Å². The van der Waals surface area contributed by atoms with Crippen molar-refractivity contribution in [3.05, 3.63) is 97.6 Å². The van der Waals surface area contributed by atoms with Crippen molar-refractivity contribution in [1.82, 2.24) is 5.43 Å². The fraction of sp³-hybridized carbons (Fsp3) is 0.125. The molecular formula is C24H20N4O9. The summed E-state index contributed by atoms with van der Waals surface area (Å²) in [4.78, 5) is 45.1. The summed E-state index contributed by atoms with van der Waals surface area (Å²) < 4.78 is 15.8. The van der Waals surface area contributed by atoms with Crippen molar-refractivity contribution in [3.8, 4) is 17.2 Å². The summed E-state index contributed by atoms with van der Waals surface area (Å²) in [6.45, 7) is 1.20. The molecule has 190 valence electrons. The van der Waals surface area contributed by atoms with E-state index in [-0.39, 0.29) is 34.2 Å². The van der Waals surface area contributed by atoms with E-state index in [4.69, 9.17) is 14.2 Å². The van der Waals surface area contributed by atoms with E-state index in [1.54, 1.807) is 19.1 Å². The SMILES string of the molecule is COc1cc(/C=N\NC(=O)COc2ccc(C)cc2[N+](=O)[O-])ccc1OC(=O)c1ccc([N+](=O)[O-])cc1. The molecule has 0 atom stereocenters. The minimum atomic E-state index is -0.740. The van der Waals surface area contributed by atoms with E-state index < -0.39 is 28.3 Å². The number of ether oxygens (including phenoxy) is 3. The van der Waals surface area contributed by atoms with E-state index >= 15 is 0 Å². The van der Waals surface area contributed by atoms with Crippen molar-refractivity contribution < 1.29 is 33.6 Å². The third-order valence-corrected chi connectivity index (χ3v) is 4.78. The number of aryl methyl sites for hydroxylation is 1. The molecule has 3 aromatic carbocycles. The van der Waals surface area contributed by atoms with Crippen LogP contribution in [0.15, 0.2) is 65.8 Å². The van der Waals surface area contributed by atoms with E-state index in [0.29, 0.717) is 11.1 Å². The van der Waals surface area contributed by atoms with Gasteiger partial charge in [-0.05, 0) is 54.4 Å². The Balaban J connectivity index is 1.58. The summed E-state index contributed by atoms with van der Waals surface area (Å²) in [5.41, 5.74) is 3.11. The van der Waals surface area contributed by atoms with Crippen molar-refractivity contribution in [2.45, 2.75) is 6.92 Å². The van der Waals surface area contributed by atoms with Gasteiger partial charge in [-0.2, -0.15) is 5.10 Å². The molecule has 1 N–H and O–H groups in total. The monoisotopic (exact) mass is 508 g/mol. The van der Waals surface area contributed by atoms with Crippen molar-refractivity contribution in [3.63, 3.8) is 0 Å². The van der Waals surface area contributed by atoms with Gasteiger partial charge in [-0.25, -0.2) is 10.2 Å². The molecule has 0 heterocycles. The van der Waals surface area contributed by atoms with Gasteiger partial charge in [0.2, 0.25) is 0 Å². The Hall–Kier alpha value is -5.33. The standard InChI is InChI=1S/C24H20N4O9/c1-15-3-9-20(19(11-15)28(33)34)36-14-23(29)26-25-13-16-4-10-21(22(12-16)35-2)37-24(30)17-5-7-18(8-6-17)27(31)32/h3-13H,14H2,1-2H3,(H,26,29)/b25-13-. The van der Waals surface area contributed by atoms with Crippen LogP contribution in [0.5, 0.6) is 17.2 Å². The third kappa shape index (κ3) is 7.08.